The number of aromatic amines is 2. The molecule has 2 aromatic carbocycles. The highest BCUT2D eigenvalue weighted by Crippen LogP contribution is 2.27. The third-order valence-electron chi connectivity index (χ3n) is 5.55. The summed E-state index contributed by atoms with van der Waals surface area (Å²) in [7, 11) is 0. The zero-order chi connectivity index (χ0) is 23.1. The number of nitrogens with zero attached hydrogens (tertiary/aromatic N) is 3. The van der Waals surface area contributed by atoms with E-state index in [0.29, 0.717) is 33.4 Å². The lowest BCUT2D eigenvalue weighted by atomic mass is 9.99. The molecule has 0 aliphatic heterocycles. The molecular formula is C24H20N6O3. The van der Waals surface area contributed by atoms with Crippen molar-refractivity contribution in [1.82, 2.24) is 24.8 Å². The van der Waals surface area contributed by atoms with E-state index in [0.717, 1.165) is 10.9 Å². The van der Waals surface area contributed by atoms with Crippen molar-refractivity contribution in [2.45, 2.75) is 19.8 Å². The van der Waals surface area contributed by atoms with Crippen LogP contribution >= 0.6 is 0 Å². The van der Waals surface area contributed by atoms with E-state index < -0.39 is 0 Å². The second-order valence-electron chi connectivity index (χ2n) is 8.00. The number of anilines is 1. The number of nitrogens with one attached hydrogen (secondary N) is 3. The predicted molar refractivity (Wildman–Crippen MR) is 126 cm³/mol. The van der Waals surface area contributed by atoms with Crippen LogP contribution in [0.5, 0.6) is 0 Å². The number of carbonyl (C=O) groups is 1. The quantitative estimate of drug-likeness (QED) is 0.395. The molecule has 5 rings (SSSR count). The van der Waals surface area contributed by atoms with Crippen LogP contribution in [-0.4, -0.2) is 30.7 Å². The Kier molecular flexibility index (Phi) is 4.86. The Hall–Kier alpha value is -4.53. The standard InChI is InChI=1S/C24H20N6O3/c1-13(2)19-18(11-30-21(19)24(33)25-12-26-30)22(31)27-15-9-7-14(8-10-15)20-16-5-3-4-6-17(16)23(32)29-28-20/h3-13H,1-2H3,(H,27,31)(H,29,32)(H,25,26,33). The fourth-order valence-electron chi connectivity index (χ4n) is 4.05. The van der Waals surface area contributed by atoms with Gasteiger partial charge in [0.2, 0.25) is 0 Å². The monoisotopic (exact) mass is 440 g/mol. The molecule has 0 spiro atoms. The lowest BCUT2D eigenvalue weighted by Gasteiger charge is -2.10. The van der Waals surface area contributed by atoms with Crippen LogP contribution in [0.25, 0.3) is 27.5 Å². The molecule has 3 heterocycles. The number of hydrogen-bond donors (Lipinski definition) is 3. The Labute approximate surface area is 187 Å². The largest absolute Gasteiger partial charge is 0.322 e. The number of H-pyrrole nitrogens is 2. The van der Waals surface area contributed by atoms with Gasteiger partial charge in [-0.15, -0.1) is 0 Å². The average Bonchev–Trinajstić information content (AvgIpc) is 3.22. The van der Waals surface area contributed by atoms with Crippen LogP contribution in [0.3, 0.4) is 0 Å². The van der Waals surface area contributed by atoms with Crippen LogP contribution in [0.2, 0.25) is 0 Å². The minimum Gasteiger partial charge on any atom is -0.322 e. The van der Waals surface area contributed by atoms with Crippen LogP contribution in [0.15, 0.2) is 70.6 Å². The Bertz CT molecular complexity index is 1630. The Balaban J connectivity index is 1.48. The highest BCUT2D eigenvalue weighted by molar-refractivity contribution is 6.07. The van der Waals surface area contributed by atoms with Crippen molar-refractivity contribution in [3.8, 4) is 11.3 Å². The summed E-state index contributed by atoms with van der Waals surface area (Å²) in [5, 5.41) is 15.1. The lowest BCUT2D eigenvalue weighted by Crippen LogP contribution is -2.15. The Morgan fingerprint density at radius 2 is 1.73 bits per heavy atom. The first-order chi connectivity index (χ1) is 15.9. The van der Waals surface area contributed by atoms with Gasteiger partial charge in [-0.1, -0.05) is 44.2 Å². The van der Waals surface area contributed by atoms with Gasteiger partial charge in [0.05, 0.1) is 16.6 Å². The molecule has 3 aromatic heterocycles. The second-order valence-corrected chi connectivity index (χ2v) is 8.00. The van der Waals surface area contributed by atoms with Crippen molar-refractivity contribution >= 4 is 27.9 Å². The molecule has 1 amide bonds. The normalized spacial score (nSPS) is 11.4. The molecule has 5 aromatic rings. The molecule has 0 fully saturated rings. The first-order valence-electron chi connectivity index (χ1n) is 10.4. The fraction of sp³-hybridized carbons (Fsp3) is 0.125. The minimum atomic E-state index is -0.330. The highest BCUT2D eigenvalue weighted by atomic mass is 16.2. The fourth-order valence-corrected chi connectivity index (χ4v) is 4.05. The number of rotatable bonds is 4. The van der Waals surface area contributed by atoms with Gasteiger partial charge < -0.3 is 10.3 Å². The molecule has 9 nitrogen and oxygen atoms in total. The molecule has 0 saturated heterocycles. The third-order valence-corrected chi connectivity index (χ3v) is 5.55. The van der Waals surface area contributed by atoms with E-state index in [-0.39, 0.29) is 22.9 Å². The zero-order valence-corrected chi connectivity index (χ0v) is 17.9. The molecule has 0 bridgehead atoms. The SMILES string of the molecule is CC(C)c1c(C(=O)Nc2ccc(-c3n[nH]c(=O)c4ccccc34)cc2)cn2nc[nH]c(=O)c12. The van der Waals surface area contributed by atoms with Gasteiger partial charge in [-0.05, 0) is 24.1 Å². The Morgan fingerprint density at radius 1 is 1.00 bits per heavy atom. The van der Waals surface area contributed by atoms with Crippen LogP contribution in [-0.2, 0) is 0 Å². The highest BCUT2D eigenvalue weighted by Gasteiger charge is 2.22. The summed E-state index contributed by atoms with van der Waals surface area (Å²) in [4.78, 5) is 40.0. The van der Waals surface area contributed by atoms with Gasteiger partial charge >= 0.3 is 0 Å². The van der Waals surface area contributed by atoms with Gasteiger partial charge in [0.15, 0.2) is 0 Å². The zero-order valence-electron chi connectivity index (χ0n) is 17.9. The number of carbonyl (C=O) groups excluding carboxylic acids is 1. The number of fused-ring (bicyclic) bond motifs is 2. The maximum absolute atomic E-state index is 13.1. The summed E-state index contributed by atoms with van der Waals surface area (Å²) in [6, 6.07) is 14.5. The first-order valence-corrected chi connectivity index (χ1v) is 10.4. The summed E-state index contributed by atoms with van der Waals surface area (Å²) >= 11 is 0. The maximum Gasteiger partial charge on any atom is 0.275 e. The van der Waals surface area contributed by atoms with E-state index in [9.17, 15) is 14.4 Å². The third kappa shape index (κ3) is 3.49. The average molecular weight is 440 g/mol. The molecule has 33 heavy (non-hydrogen) atoms. The van der Waals surface area contributed by atoms with Gasteiger partial charge in [-0.2, -0.15) is 10.2 Å². The van der Waals surface area contributed by atoms with Crippen LogP contribution < -0.4 is 16.4 Å². The van der Waals surface area contributed by atoms with Gasteiger partial charge in [-0.25, -0.2) is 9.61 Å². The van der Waals surface area contributed by atoms with Crippen molar-refractivity contribution in [1.29, 1.82) is 0 Å². The summed E-state index contributed by atoms with van der Waals surface area (Å²) < 4.78 is 1.43. The number of amides is 1. The number of aromatic nitrogens is 5. The summed E-state index contributed by atoms with van der Waals surface area (Å²) in [5.74, 6) is -0.382. The van der Waals surface area contributed by atoms with E-state index in [1.165, 1.54) is 10.8 Å². The van der Waals surface area contributed by atoms with Crippen LogP contribution in [0.1, 0.15) is 35.7 Å². The minimum absolute atomic E-state index is 0.0528. The Morgan fingerprint density at radius 3 is 2.45 bits per heavy atom. The molecule has 0 unspecified atom stereocenters. The number of hydrogen-bond acceptors (Lipinski definition) is 5. The first kappa shape index (κ1) is 20.4. The molecule has 164 valence electrons. The number of benzene rings is 2. The van der Waals surface area contributed by atoms with Gasteiger partial charge in [0, 0.05) is 28.4 Å². The van der Waals surface area contributed by atoms with Gasteiger partial charge in [0.1, 0.15) is 11.8 Å². The summed E-state index contributed by atoms with van der Waals surface area (Å²) in [6.07, 6.45) is 2.87. The predicted octanol–water partition coefficient (Wildman–Crippen LogP) is 3.30. The summed E-state index contributed by atoms with van der Waals surface area (Å²) in [5.41, 5.74) is 2.90. The molecule has 0 radical (unpaired) electrons. The van der Waals surface area contributed by atoms with Gasteiger partial charge in [0.25, 0.3) is 17.0 Å². The van der Waals surface area contributed by atoms with Gasteiger partial charge in [-0.3, -0.25) is 14.4 Å². The van der Waals surface area contributed by atoms with Crippen molar-refractivity contribution in [2.75, 3.05) is 5.32 Å². The van der Waals surface area contributed by atoms with E-state index in [1.54, 1.807) is 30.5 Å². The molecule has 9 heteroatoms. The van der Waals surface area contributed by atoms with E-state index in [1.807, 2.05) is 38.1 Å². The second kappa shape index (κ2) is 7.86. The van der Waals surface area contributed by atoms with Crippen molar-refractivity contribution in [3.05, 3.63) is 92.9 Å². The molecule has 3 N–H and O–H groups in total. The maximum atomic E-state index is 13.1. The molecule has 0 saturated carbocycles. The van der Waals surface area contributed by atoms with Crippen molar-refractivity contribution in [3.63, 3.8) is 0 Å². The van der Waals surface area contributed by atoms with E-state index in [2.05, 4.69) is 25.6 Å². The van der Waals surface area contributed by atoms with E-state index >= 15 is 0 Å². The van der Waals surface area contributed by atoms with Crippen molar-refractivity contribution < 1.29 is 4.79 Å². The van der Waals surface area contributed by atoms with Crippen molar-refractivity contribution in [2.24, 2.45) is 0 Å². The molecule has 0 atom stereocenters. The van der Waals surface area contributed by atoms with Crippen LogP contribution in [0, 0.1) is 0 Å². The van der Waals surface area contributed by atoms with Crippen LogP contribution in [0.4, 0.5) is 5.69 Å². The molecule has 0 aliphatic carbocycles. The molecular weight excluding hydrogens is 420 g/mol. The molecule has 0 aliphatic rings. The summed E-state index contributed by atoms with van der Waals surface area (Å²) in [6.45, 7) is 3.85. The van der Waals surface area contributed by atoms with E-state index in [4.69, 9.17) is 0 Å². The smallest absolute Gasteiger partial charge is 0.275 e. The lowest BCUT2D eigenvalue weighted by molar-refractivity contribution is 0.102. The topological polar surface area (TPSA) is 125 Å².